The van der Waals surface area contributed by atoms with Crippen molar-refractivity contribution in [3.63, 3.8) is 0 Å². The first-order valence-electron chi connectivity index (χ1n) is 8.58. The Kier molecular flexibility index (Phi) is 5.51. The third kappa shape index (κ3) is 4.70. The molecular weight excluding hydrogens is 314 g/mol. The lowest BCUT2D eigenvalue weighted by atomic mass is 10.0. The number of aliphatic hydroxyl groups excluding tert-OH is 1. The van der Waals surface area contributed by atoms with Crippen LogP contribution < -0.4 is 10.1 Å². The van der Waals surface area contributed by atoms with Crippen LogP contribution in [0.3, 0.4) is 0 Å². The van der Waals surface area contributed by atoms with Gasteiger partial charge in [0, 0.05) is 18.9 Å². The molecule has 0 bridgehead atoms. The zero-order valence-electron chi connectivity index (χ0n) is 14.3. The van der Waals surface area contributed by atoms with Crippen LogP contribution in [0.4, 0.5) is 0 Å². The first-order chi connectivity index (χ1) is 12.1. The van der Waals surface area contributed by atoms with E-state index < -0.39 is 6.10 Å². The van der Waals surface area contributed by atoms with E-state index in [-0.39, 0.29) is 11.9 Å². The molecule has 0 aromatic heterocycles. The first-order valence-corrected chi connectivity index (χ1v) is 8.58. The lowest BCUT2D eigenvalue weighted by Crippen LogP contribution is -2.41. The smallest absolute Gasteiger partial charge is 0.244 e. The summed E-state index contributed by atoms with van der Waals surface area (Å²) in [5.41, 5.74) is 3.19. The molecule has 0 radical (unpaired) electrons. The molecule has 0 saturated heterocycles. The number of aliphatic hydroxyl groups is 1. The largest absolute Gasteiger partial charge is 0.493 e. The lowest BCUT2D eigenvalue weighted by molar-refractivity contribution is -0.117. The number of fused-ring (bicyclic) bond motifs is 1. The second kappa shape index (κ2) is 7.99. The SMILES string of the molecule is CC(NC(=O)/C=C/c1ccc2c(c1)CCO2)C(O)Cc1ccccc1. The van der Waals surface area contributed by atoms with E-state index in [2.05, 4.69) is 5.32 Å². The molecule has 2 aromatic carbocycles. The predicted octanol–water partition coefficient (Wildman–Crippen LogP) is 2.74. The number of hydrogen-bond acceptors (Lipinski definition) is 3. The zero-order chi connectivity index (χ0) is 17.6. The highest BCUT2D eigenvalue weighted by atomic mass is 16.5. The van der Waals surface area contributed by atoms with Gasteiger partial charge in [0.2, 0.25) is 5.91 Å². The third-order valence-corrected chi connectivity index (χ3v) is 4.38. The fraction of sp³-hybridized carbons (Fsp3) is 0.286. The fourth-order valence-electron chi connectivity index (χ4n) is 2.88. The molecule has 3 rings (SSSR count). The van der Waals surface area contributed by atoms with Gasteiger partial charge in [-0.3, -0.25) is 4.79 Å². The summed E-state index contributed by atoms with van der Waals surface area (Å²) >= 11 is 0. The predicted molar refractivity (Wildman–Crippen MR) is 98.4 cm³/mol. The molecule has 4 heteroatoms. The Morgan fingerprint density at radius 1 is 1.28 bits per heavy atom. The molecule has 2 unspecified atom stereocenters. The van der Waals surface area contributed by atoms with Crippen LogP contribution in [-0.2, 0) is 17.6 Å². The summed E-state index contributed by atoms with van der Waals surface area (Å²) in [6.45, 7) is 2.53. The third-order valence-electron chi connectivity index (χ3n) is 4.38. The van der Waals surface area contributed by atoms with E-state index >= 15 is 0 Å². The molecule has 1 heterocycles. The summed E-state index contributed by atoms with van der Waals surface area (Å²) < 4.78 is 5.48. The van der Waals surface area contributed by atoms with Gasteiger partial charge in [-0.2, -0.15) is 0 Å². The van der Waals surface area contributed by atoms with Crippen molar-refractivity contribution in [2.24, 2.45) is 0 Å². The monoisotopic (exact) mass is 337 g/mol. The molecule has 0 spiro atoms. The number of carbonyl (C=O) groups excluding carboxylic acids is 1. The Bertz CT molecular complexity index is 755. The molecule has 2 N–H and O–H groups in total. The molecule has 0 fully saturated rings. The Morgan fingerprint density at radius 3 is 2.88 bits per heavy atom. The van der Waals surface area contributed by atoms with Crippen molar-refractivity contribution in [1.29, 1.82) is 0 Å². The van der Waals surface area contributed by atoms with Gasteiger partial charge in [-0.05, 0) is 41.8 Å². The molecule has 0 aliphatic carbocycles. The maximum atomic E-state index is 12.1. The van der Waals surface area contributed by atoms with Gasteiger partial charge in [0.1, 0.15) is 5.75 Å². The Balaban J connectivity index is 1.52. The van der Waals surface area contributed by atoms with Gasteiger partial charge in [0.05, 0.1) is 18.8 Å². The molecule has 0 saturated carbocycles. The second-order valence-electron chi connectivity index (χ2n) is 6.35. The summed E-state index contributed by atoms with van der Waals surface area (Å²) in [5, 5.41) is 13.1. The topological polar surface area (TPSA) is 58.6 Å². The molecule has 1 aliphatic rings. The van der Waals surface area contributed by atoms with Crippen molar-refractivity contribution in [2.75, 3.05) is 6.61 Å². The normalized spacial score (nSPS) is 15.4. The van der Waals surface area contributed by atoms with E-state index in [0.29, 0.717) is 6.42 Å². The van der Waals surface area contributed by atoms with Crippen molar-refractivity contribution in [3.8, 4) is 5.75 Å². The van der Waals surface area contributed by atoms with E-state index in [1.165, 1.54) is 11.6 Å². The second-order valence-corrected chi connectivity index (χ2v) is 6.35. The zero-order valence-corrected chi connectivity index (χ0v) is 14.3. The number of hydrogen-bond donors (Lipinski definition) is 2. The van der Waals surface area contributed by atoms with E-state index in [0.717, 1.165) is 29.9 Å². The standard InChI is InChI=1S/C21H23NO3/c1-15(19(23)14-16-5-3-2-4-6-16)22-21(24)10-8-17-7-9-20-18(13-17)11-12-25-20/h2-10,13,15,19,23H,11-12,14H2,1H3,(H,22,24)/b10-8+. The van der Waals surface area contributed by atoms with Crippen LogP contribution in [0.15, 0.2) is 54.6 Å². The molecule has 130 valence electrons. The number of benzene rings is 2. The molecule has 2 atom stereocenters. The fourth-order valence-corrected chi connectivity index (χ4v) is 2.88. The van der Waals surface area contributed by atoms with Gasteiger partial charge in [-0.25, -0.2) is 0 Å². The van der Waals surface area contributed by atoms with E-state index in [4.69, 9.17) is 4.74 Å². The number of carbonyl (C=O) groups is 1. The molecule has 4 nitrogen and oxygen atoms in total. The minimum Gasteiger partial charge on any atom is -0.493 e. The number of amides is 1. The molecule has 1 aliphatic heterocycles. The van der Waals surface area contributed by atoms with E-state index in [9.17, 15) is 9.90 Å². The van der Waals surface area contributed by atoms with Crippen LogP contribution >= 0.6 is 0 Å². The molecule has 25 heavy (non-hydrogen) atoms. The van der Waals surface area contributed by atoms with Gasteiger partial charge in [0.25, 0.3) is 0 Å². The average molecular weight is 337 g/mol. The summed E-state index contributed by atoms with van der Waals surface area (Å²) in [5.74, 6) is 0.718. The first kappa shape index (κ1) is 17.2. The summed E-state index contributed by atoms with van der Waals surface area (Å²) in [6, 6.07) is 15.3. The van der Waals surface area contributed by atoms with Crippen molar-refractivity contribution in [2.45, 2.75) is 31.9 Å². The summed E-state index contributed by atoms with van der Waals surface area (Å²) in [4.78, 5) is 12.1. The van der Waals surface area contributed by atoms with Crippen molar-refractivity contribution < 1.29 is 14.6 Å². The summed E-state index contributed by atoms with van der Waals surface area (Å²) in [6.07, 6.45) is 4.08. The van der Waals surface area contributed by atoms with Gasteiger partial charge in [-0.15, -0.1) is 0 Å². The molecule has 1 amide bonds. The maximum absolute atomic E-state index is 12.1. The van der Waals surface area contributed by atoms with Gasteiger partial charge >= 0.3 is 0 Å². The van der Waals surface area contributed by atoms with E-state index in [1.807, 2.05) is 55.5 Å². The van der Waals surface area contributed by atoms with Crippen molar-refractivity contribution >= 4 is 12.0 Å². The Morgan fingerprint density at radius 2 is 2.08 bits per heavy atom. The van der Waals surface area contributed by atoms with E-state index in [1.54, 1.807) is 6.08 Å². The van der Waals surface area contributed by atoms with Gasteiger partial charge in [-0.1, -0.05) is 36.4 Å². The Hall–Kier alpha value is -2.59. The quantitative estimate of drug-likeness (QED) is 0.797. The molecular formula is C21H23NO3. The number of nitrogens with one attached hydrogen (secondary N) is 1. The van der Waals surface area contributed by atoms with Crippen LogP contribution in [-0.4, -0.2) is 29.8 Å². The number of ether oxygens (including phenoxy) is 1. The lowest BCUT2D eigenvalue weighted by Gasteiger charge is -2.19. The van der Waals surface area contributed by atoms with Crippen LogP contribution in [0.1, 0.15) is 23.6 Å². The minimum absolute atomic E-state index is 0.212. The highest BCUT2D eigenvalue weighted by Gasteiger charge is 2.16. The van der Waals surface area contributed by atoms with Crippen LogP contribution in [0.25, 0.3) is 6.08 Å². The summed E-state index contributed by atoms with van der Waals surface area (Å²) in [7, 11) is 0. The van der Waals surface area contributed by atoms with Crippen LogP contribution in [0.2, 0.25) is 0 Å². The van der Waals surface area contributed by atoms with Crippen molar-refractivity contribution in [3.05, 3.63) is 71.3 Å². The van der Waals surface area contributed by atoms with Crippen LogP contribution in [0.5, 0.6) is 5.75 Å². The van der Waals surface area contributed by atoms with Crippen molar-refractivity contribution in [1.82, 2.24) is 5.32 Å². The highest BCUT2D eigenvalue weighted by molar-refractivity contribution is 5.92. The maximum Gasteiger partial charge on any atom is 0.244 e. The van der Waals surface area contributed by atoms with Gasteiger partial charge < -0.3 is 15.2 Å². The Labute approximate surface area is 148 Å². The number of rotatable bonds is 6. The highest BCUT2D eigenvalue weighted by Crippen LogP contribution is 2.26. The van der Waals surface area contributed by atoms with Crippen LogP contribution in [0, 0.1) is 0 Å². The minimum atomic E-state index is -0.628. The van der Waals surface area contributed by atoms with Gasteiger partial charge in [0.15, 0.2) is 0 Å². The average Bonchev–Trinajstić information content (AvgIpc) is 3.08. The molecule has 2 aromatic rings.